The molecule has 6 nitrogen and oxygen atoms in total. The van der Waals surface area contributed by atoms with Gasteiger partial charge in [0.15, 0.2) is 6.04 Å². The van der Waals surface area contributed by atoms with Gasteiger partial charge in [-0.25, -0.2) is 9.59 Å². The van der Waals surface area contributed by atoms with Crippen LogP contribution in [0.4, 0.5) is 4.79 Å². The van der Waals surface area contributed by atoms with Gasteiger partial charge in [0.2, 0.25) is 0 Å². The van der Waals surface area contributed by atoms with E-state index in [-0.39, 0.29) is 6.10 Å². The molecule has 0 aromatic carbocycles. The first-order valence-electron chi connectivity index (χ1n) is 6.07. The topological polar surface area (TPSA) is 84.9 Å². The van der Waals surface area contributed by atoms with Crippen molar-refractivity contribution in [3.63, 3.8) is 0 Å². The van der Waals surface area contributed by atoms with E-state index in [1.807, 2.05) is 0 Å². The first-order valence-corrected chi connectivity index (χ1v) is 6.07. The van der Waals surface area contributed by atoms with Crippen LogP contribution in [0.15, 0.2) is 0 Å². The highest BCUT2D eigenvalue weighted by atomic mass is 16.6. The number of hydrogen-bond donors (Lipinski definition) is 2. The Morgan fingerprint density at radius 1 is 1.33 bits per heavy atom. The average molecular weight is 259 g/mol. The van der Waals surface area contributed by atoms with E-state index in [1.165, 1.54) is 0 Å². The highest BCUT2D eigenvalue weighted by molar-refractivity contribution is 5.80. The largest absolute Gasteiger partial charge is 0.480 e. The number of carbonyl (C=O) groups is 2. The molecule has 0 heterocycles. The summed E-state index contributed by atoms with van der Waals surface area (Å²) in [6, 6.07) is -1.10. The fourth-order valence-corrected chi connectivity index (χ4v) is 1.40. The lowest BCUT2D eigenvalue weighted by Gasteiger charge is -2.25. The van der Waals surface area contributed by atoms with Gasteiger partial charge >= 0.3 is 12.1 Å². The second-order valence-corrected chi connectivity index (χ2v) is 5.50. The Kier molecular flexibility index (Phi) is 4.56. The molecule has 2 atom stereocenters. The molecule has 0 aliphatic heterocycles. The summed E-state index contributed by atoms with van der Waals surface area (Å²) in [5.74, 6) is -1.13. The van der Waals surface area contributed by atoms with Crippen LogP contribution in [-0.2, 0) is 14.3 Å². The zero-order chi connectivity index (χ0) is 13.9. The number of hydrogen-bond acceptors (Lipinski definition) is 4. The molecule has 6 heteroatoms. The molecule has 1 rings (SSSR count). The quantitative estimate of drug-likeness (QED) is 0.782. The van der Waals surface area contributed by atoms with E-state index in [0.29, 0.717) is 0 Å². The van der Waals surface area contributed by atoms with Crippen LogP contribution in [-0.4, -0.2) is 41.0 Å². The van der Waals surface area contributed by atoms with Crippen molar-refractivity contribution in [3.05, 3.63) is 0 Å². The molecular formula is C12H21NO5. The van der Waals surface area contributed by atoms with Gasteiger partial charge in [-0.05, 0) is 40.5 Å². The SMILES string of the molecule is CC(OC1CC1)C(NC(=O)OC(C)(C)C)C(=O)O. The summed E-state index contributed by atoms with van der Waals surface area (Å²) in [5.41, 5.74) is -0.659. The molecule has 0 aromatic rings. The third-order valence-electron chi connectivity index (χ3n) is 2.34. The summed E-state index contributed by atoms with van der Waals surface area (Å²) in [6.45, 7) is 6.78. The second kappa shape index (κ2) is 5.56. The molecule has 2 N–H and O–H groups in total. The number of aliphatic carboxylic acids is 1. The predicted molar refractivity (Wildman–Crippen MR) is 64.4 cm³/mol. The fourth-order valence-electron chi connectivity index (χ4n) is 1.40. The summed E-state index contributed by atoms with van der Waals surface area (Å²) in [6.07, 6.45) is 0.692. The molecule has 0 radical (unpaired) electrons. The van der Waals surface area contributed by atoms with E-state index in [9.17, 15) is 9.59 Å². The van der Waals surface area contributed by atoms with Crippen molar-refractivity contribution in [1.82, 2.24) is 5.32 Å². The summed E-state index contributed by atoms with van der Waals surface area (Å²) in [5, 5.41) is 11.4. The van der Waals surface area contributed by atoms with Gasteiger partial charge in [0.05, 0.1) is 12.2 Å². The van der Waals surface area contributed by atoms with Crippen molar-refractivity contribution in [1.29, 1.82) is 0 Å². The maximum absolute atomic E-state index is 11.5. The Morgan fingerprint density at radius 3 is 2.28 bits per heavy atom. The lowest BCUT2D eigenvalue weighted by atomic mass is 10.2. The number of amides is 1. The number of ether oxygens (including phenoxy) is 2. The molecule has 0 saturated heterocycles. The van der Waals surface area contributed by atoms with Crippen LogP contribution in [0.1, 0.15) is 40.5 Å². The van der Waals surface area contributed by atoms with E-state index in [0.717, 1.165) is 12.8 Å². The van der Waals surface area contributed by atoms with Crippen LogP contribution >= 0.6 is 0 Å². The van der Waals surface area contributed by atoms with Crippen molar-refractivity contribution in [2.45, 2.75) is 64.4 Å². The van der Waals surface area contributed by atoms with Crippen LogP contribution in [0.5, 0.6) is 0 Å². The zero-order valence-electron chi connectivity index (χ0n) is 11.2. The Morgan fingerprint density at radius 2 is 1.89 bits per heavy atom. The minimum atomic E-state index is -1.13. The molecule has 104 valence electrons. The monoisotopic (exact) mass is 259 g/mol. The Balaban J connectivity index is 2.50. The van der Waals surface area contributed by atoms with E-state index >= 15 is 0 Å². The Hall–Kier alpha value is -1.30. The first-order chi connectivity index (χ1) is 8.19. The third kappa shape index (κ3) is 5.35. The fraction of sp³-hybridized carbons (Fsp3) is 0.833. The number of rotatable bonds is 5. The molecule has 0 bridgehead atoms. The molecule has 2 unspecified atom stereocenters. The van der Waals surface area contributed by atoms with Gasteiger partial charge in [0, 0.05) is 0 Å². The number of nitrogens with one attached hydrogen (secondary N) is 1. The number of carbonyl (C=O) groups excluding carboxylic acids is 1. The number of carboxylic acids is 1. The van der Waals surface area contributed by atoms with Crippen molar-refractivity contribution in [2.75, 3.05) is 0 Å². The van der Waals surface area contributed by atoms with E-state index < -0.39 is 29.8 Å². The van der Waals surface area contributed by atoms with Gasteiger partial charge in [-0.2, -0.15) is 0 Å². The molecule has 1 saturated carbocycles. The van der Waals surface area contributed by atoms with Gasteiger partial charge in [0.25, 0.3) is 0 Å². The van der Waals surface area contributed by atoms with Gasteiger partial charge < -0.3 is 19.9 Å². The minimum absolute atomic E-state index is 0.127. The summed E-state index contributed by atoms with van der Waals surface area (Å²) in [4.78, 5) is 22.6. The highest BCUT2D eigenvalue weighted by Gasteiger charge is 2.33. The zero-order valence-corrected chi connectivity index (χ0v) is 11.2. The normalized spacial score (nSPS) is 18.9. The van der Waals surface area contributed by atoms with E-state index in [2.05, 4.69) is 5.32 Å². The minimum Gasteiger partial charge on any atom is -0.480 e. The smallest absolute Gasteiger partial charge is 0.408 e. The van der Waals surface area contributed by atoms with Crippen LogP contribution in [0.3, 0.4) is 0 Å². The molecule has 0 spiro atoms. The van der Waals surface area contributed by atoms with Crippen LogP contribution in [0.2, 0.25) is 0 Å². The Labute approximate surface area is 107 Å². The van der Waals surface area contributed by atoms with Gasteiger partial charge in [-0.3, -0.25) is 0 Å². The van der Waals surface area contributed by atoms with Crippen LogP contribution in [0.25, 0.3) is 0 Å². The maximum atomic E-state index is 11.5. The highest BCUT2D eigenvalue weighted by Crippen LogP contribution is 2.25. The van der Waals surface area contributed by atoms with Crippen molar-refractivity contribution in [3.8, 4) is 0 Å². The van der Waals surface area contributed by atoms with Gasteiger partial charge in [-0.15, -0.1) is 0 Å². The van der Waals surface area contributed by atoms with Crippen LogP contribution < -0.4 is 5.32 Å². The molecule has 0 aromatic heterocycles. The van der Waals surface area contributed by atoms with Crippen molar-refractivity contribution in [2.24, 2.45) is 0 Å². The number of alkyl carbamates (subject to hydrolysis) is 1. The summed E-state index contributed by atoms with van der Waals surface area (Å²) < 4.78 is 10.5. The second-order valence-electron chi connectivity index (χ2n) is 5.50. The van der Waals surface area contributed by atoms with Gasteiger partial charge in [-0.1, -0.05) is 0 Å². The third-order valence-corrected chi connectivity index (χ3v) is 2.34. The van der Waals surface area contributed by atoms with E-state index in [1.54, 1.807) is 27.7 Å². The molecule has 1 aliphatic rings. The van der Waals surface area contributed by atoms with E-state index in [4.69, 9.17) is 14.6 Å². The standard InChI is InChI=1S/C12H21NO5/c1-7(17-8-5-6-8)9(10(14)15)13-11(16)18-12(2,3)4/h7-9H,5-6H2,1-4H3,(H,13,16)(H,14,15). The molecule has 1 aliphatic carbocycles. The first kappa shape index (κ1) is 14.8. The average Bonchev–Trinajstić information content (AvgIpc) is 2.94. The summed E-state index contributed by atoms with van der Waals surface area (Å²) >= 11 is 0. The molecule has 1 fully saturated rings. The lowest BCUT2D eigenvalue weighted by Crippen LogP contribution is -2.50. The molecule has 1 amide bonds. The van der Waals surface area contributed by atoms with Gasteiger partial charge in [0.1, 0.15) is 5.60 Å². The van der Waals surface area contributed by atoms with Crippen molar-refractivity contribution < 1.29 is 24.2 Å². The predicted octanol–water partition coefficient (Wildman–Crippen LogP) is 1.53. The number of carboxylic acid groups (broad SMARTS) is 1. The summed E-state index contributed by atoms with van der Waals surface area (Å²) in [7, 11) is 0. The Bertz CT molecular complexity index is 319. The molecular weight excluding hydrogens is 238 g/mol. The van der Waals surface area contributed by atoms with Crippen LogP contribution in [0, 0.1) is 0 Å². The molecule has 18 heavy (non-hydrogen) atoms. The lowest BCUT2D eigenvalue weighted by molar-refractivity contribution is -0.143. The van der Waals surface area contributed by atoms with Crippen molar-refractivity contribution >= 4 is 12.1 Å². The maximum Gasteiger partial charge on any atom is 0.408 e.